The zero-order valence-electron chi connectivity index (χ0n) is 10.8. The van der Waals surface area contributed by atoms with Crippen LogP contribution in [0.4, 0.5) is 13.2 Å². The lowest BCUT2D eigenvalue weighted by Crippen LogP contribution is -1.96. The summed E-state index contributed by atoms with van der Waals surface area (Å²) in [5, 5.41) is 0.112. The molecule has 0 bridgehead atoms. The van der Waals surface area contributed by atoms with E-state index in [4.69, 9.17) is 11.6 Å². The predicted octanol–water partition coefficient (Wildman–Crippen LogP) is 4.68. The third kappa shape index (κ3) is 2.45. The van der Waals surface area contributed by atoms with Gasteiger partial charge in [0.25, 0.3) is 0 Å². The Morgan fingerprint density at radius 1 is 0.905 bits per heavy atom. The SMILES string of the molecule is Cc1ccc(-c2nc(Cl)c3cc(F)c(F)cc3n2)c(F)c1. The summed E-state index contributed by atoms with van der Waals surface area (Å²) >= 11 is 5.96. The van der Waals surface area contributed by atoms with E-state index in [9.17, 15) is 13.2 Å². The molecule has 21 heavy (non-hydrogen) atoms. The first-order valence-corrected chi connectivity index (χ1v) is 6.42. The monoisotopic (exact) mass is 308 g/mol. The summed E-state index contributed by atoms with van der Waals surface area (Å²) in [4.78, 5) is 8.01. The summed E-state index contributed by atoms with van der Waals surface area (Å²) in [5.41, 5.74) is 1.01. The second-order valence-electron chi connectivity index (χ2n) is 4.60. The van der Waals surface area contributed by atoms with Gasteiger partial charge in [-0.1, -0.05) is 17.7 Å². The Labute approximate surface area is 123 Å². The van der Waals surface area contributed by atoms with Crippen LogP contribution in [-0.4, -0.2) is 9.97 Å². The minimum Gasteiger partial charge on any atom is -0.228 e. The van der Waals surface area contributed by atoms with Crippen LogP contribution >= 0.6 is 11.6 Å². The van der Waals surface area contributed by atoms with Gasteiger partial charge in [-0.15, -0.1) is 0 Å². The molecule has 2 aromatic carbocycles. The topological polar surface area (TPSA) is 25.8 Å². The van der Waals surface area contributed by atoms with Crippen LogP contribution in [0.2, 0.25) is 5.15 Å². The molecule has 0 aliphatic carbocycles. The van der Waals surface area contributed by atoms with Crippen molar-refractivity contribution in [2.75, 3.05) is 0 Å². The normalized spacial score (nSPS) is 11.1. The van der Waals surface area contributed by atoms with Crippen LogP contribution in [0.25, 0.3) is 22.3 Å². The molecule has 106 valence electrons. The van der Waals surface area contributed by atoms with E-state index in [1.807, 2.05) is 0 Å². The van der Waals surface area contributed by atoms with Gasteiger partial charge in [-0.3, -0.25) is 0 Å². The first-order valence-electron chi connectivity index (χ1n) is 6.04. The fourth-order valence-electron chi connectivity index (χ4n) is 2.01. The van der Waals surface area contributed by atoms with Gasteiger partial charge in [0, 0.05) is 11.5 Å². The molecule has 3 aromatic rings. The Bertz CT molecular complexity index is 865. The predicted molar refractivity (Wildman–Crippen MR) is 74.6 cm³/mol. The summed E-state index contributed by atoms with van der Waals surface area (Å²) in [5.74, 6) is -2.57. The summed E-state index contributed by atoms with van der Waals surface area (Å²) in [6.45, 7) is 1.75. The zero-order chi connectivity index (χ0) is 15.1. The number of aryl methyl sites for hydroxylation is 1. The number of nitrogens with zero attached hydrogens (tertiary/aromatic N) is 2. The van der Waals surface area contributed by atoms with Gasteiger partial charge >= 0.3 is 0 Å². The van der Waals surface area contributed by atoms with Crippen LogP contribution in [0, 0.1) is 24.4 Å². The van der Waals surface area contributed by atoms with E-state index in [0.717, 1.165) is 17.7 Å². The molecule has 0 saturated heterocycles. The van der Waals surface area contributed by atoms with Gasteiger partial charge in [0.2, 0.25) is 0 Å². The van der Waals surface area contributed by atoms with Crippen molar-refractivity contribution in [3.05, 3.63) is 58.5 Å². The van der Waals surface area contributed by atoms with E-state index in [1.165, 1.54) is 12.1 Å². The van der Waals surface area contributed by atoms with E-state index in [0.29, 0.717) is 0 Å². The van der Waals surface area contributed by atoms with E-state index < -0.39 is 17.5 Å². The van der Waals surface area contributed by atoms with Crippen molar-refractivity contribution < 1.29 is 13.2 Å². The molecule has 0 aliphatic rings. The number of fused-ring (bicyclic) bond motifs is 1. The summed E-state index contributed by atoms with van der Waals surface area (Å²) in [6, 6.07) is 6.38. The maximum atomic E-state index is 14.0. The molecule has 0 N–H and O–H groups in total. The highest BCUT2D eigenvalue weighted by atomic mass is 35.5. The summed E-state index contributed by atoms with van der Waals surface area (Å²) < 4.78 is 40.5. The van der Waals surface area contributed by atoms with Crippen LogP contribution in [0.5, 0.6) is 0 Å². The standard InChI is InChI=1S/C15H8ClF3N2/c1-7-2-3-8(10(17)4-7)15-20-13-6-12(19)11(18)5-9(13)14(16)21-15/h2-6H,1H3. The Hall–Kier alpha value is -2.14. The molecule has 0 fully saturated rings. The molecule has 0 atom stereocenters. The second kappa shape index (κ2) is 5.00. The Kier molecular flexibility index (Phi) is 3.29. The first kappa shape index (κ1) is 13.8. The van der Waals surface area contributed by atoms with Crippen LogP contribution < -0.4 is 0 Å². The number of benzene rings is 2. The van der Waals surface area contributed by atoms with Crippen molar-refractivity contribution in [1.82, 2.24) is 9.97 Å². The largest absolute Gasteiger partial charge is 0.228 e. The van der Waals surface area contributed by atoms with Gasteiger partial charge in [0.15, 0.2) is 17.5 Å². The Balaban J connectivity index is 2.27. The first-order chi connectivity index (χ1) is 9.95. The minimum atomic E-state index is -1.05. The highest BCUT2D eigenvalue weighted by molar-refractivity contribution is 6.34. The van der Waals surface area contributed by atoms with E-state index >= 15 is 0 Å². The average molecular weight is 309 g/mol. The molecule has 0 radical (unpaired) electrons. The smallest absolute Gasteiger partial charge is 0.164 e. The molecule has 0 aliphatic heterocycles. The van der Waals surface area contributed by atoms with Crippen molar-refractivity contribution in [1.29, 1.82) is 0 Å². The molecule has 0 unspecified atom stereocenters. The highest BCUT2D eigenvalue weighted by Gasteiger charge is 2.14. The lowest BCUT2D eigenvalue weighted by atomic mass is 10.1. The molecule has 1 heterocycles. The van der Waals surface area contributed by atoms with Crippen molar-refractivity contribution in [2.24, 2.45) is 0 Å². The molecule has 2 nitrogen and oxygen atoms in total. The zero-order valence-corrected chi connectivity index (χ0v) is 11.5. The lowest BCUT2D eigenvalue weighted by molar-refractivity contribution is 0.510. The van der Waals surface area contributed by atoms with Gasteiger partial charge in [-0.2, -0.15) is 0 Å². The van der Waals surface area contributed by atoms with Gasteiger partial charge < -0.3 is 0 Å². The van der Waals surface area contributed by atoms with Crippen molar-refractivity contribution in [2.45, 2.75) is 6.92 Å². The average Bonchev–Trinajstić information content (AvgIpc) is 2.41. The molecule has 1 aromatic heterocycles. The third-order valence-corrected chi connectivity index (χ3v) is 3.34. The lowest BCUT2D eigenvalue weighted by Gasteiger charge is -2.07. The highest BCUT2D eigenvalue weighted by Crippen LogP contribution is 2.28. The van der Waals surface area contributed by atoms with E-state index in [2.05, 4.69) is 9.97 Å². The molecule has 0 saturated carbocycles. The number of aromatic nitrogens is 2. The van der Waals surface area contributed by atoms with Crippen molar-refractivity contribution in [3.63, 3.8) is 0 Å². The fourth-order valence-corrected chi connectivity index (χ4v) is 2.24. The van der Waals surface area contributed by atoms with Crippen LogP contribution in [-0.2, 0) is 0 Å². The fraction of sp³-hybridized carbons (Fsp3) is 0.0667. The molecule has 3 rings (SSSR count). The van der Waals surface area contributed by atoms with Gasteiger partial charge in [0.1, 0.15) is 11.0 Å². The van der Waals surface area contributed by atoms with Crippen LogP contribution in [0.15, 0.2) is 30.3 Å². The maximum absolute atomic E-state index is 14.0. The van der Waals surface area contributed by atoms with Crippen LogP contribution in [0.3, 0.4) is 0 Å². The molecular formula is C15H8ClF3N2. The van der Waals surface area contributed by atoms with E-state index in [-0.39, 0.29) is 27.4 Å². The summed E-state index contributed by atoms with van der Waals surface area (Å²) in [7, 11) is 0. The number of hydrogen-bond acceptors (Lipinski definition) is 2. The van der Waals surface area contributed by atoms with Crippen molar-refractivity contribution >= 4 is 22.5 Å². The maximum Gasteiger partial charge on any atom is 0.164 e. The number of halogens is 4. The van der Waals surface area contributed by atoms with Gasteiger partial charge in [-0.25, -0.2) is 23.1 Å². The van der Waals surface area contributed by atoms with E-state index in [1.54, 1.807) is 13.0 Å². The summed E-state index contributed by atoms with van der Waals surface area (Å²) in [6.07, 6.45) is 0. The third-order valence-electron chi connectivity index (χ3n) is 3.06. The Morgan fingerprint density at radius 3 is 2.33 bits per heavy atom. The molecule has 0 spiro atoms. The molecular weight excluding hydrogens is 301 g/mol. The minimum absolute atomic E-state index is 0.0241. The Morgan fingerprint density at radius 2 is 1.62 bits per heavy atom. The number of rotatable bonds is 1. The van der Waals surface area contributed by atoms with Crippen LogP contribution in [0.1, 0.15) is 5.56 Å². The molecule has 0 amide bonds. The second-order valence-corrected chi connectivity index (χ2v) is 4.96. The van der Waals surface area contributed by atoms with Crippen molar-refractivity contribution in [3.8, 4) is 11.4 Å². The van der Waals surface area contributed by atoms with Gasteiger partial charge in [-0.05, 0) is 30.7 Å². The molecule has 6 heteroatoms. The number of hydrogen-bond donors (Lipinski definition) is 0. The quantitative estimate of drug-likeness (QED) is 0.610. The van der Waals surface area contributed by atoms with Gasteiger partial charge in [0.05, 0.1) is 11.1 Å².